The Morgan fingerprint density at radius 2 is 0.856 bits per heavy atom. The van der Waals surface area contributed by atoms with Gasteiger partial charge in [0.1, 0.15) is 11.6 Å². The minimum absolute atomic E-state index is 0. The quantitative estimate of drug-likeness (QED) is 0.0383. The van der Waals surface area contributed by atoms with Gasteiger partial charge in [-0.2, -0.15) is 0 Å². The van der Waals surface area contributed by atoms with Crippen LogP contribution in [0.15, 0.2) is 82.6 Å². The molecular formula is C74H99F2LiN4O9. The molecular weight excluding hydrogens is 1130 g/mol. The number of benzene rings is 4. The molecule has 6 rings (SSSR count). The standard InChI is InChI=1S/C38H51FN2O4.C36H47FN2O4.Li.H2O/c1-11-45-36(44)21-30(32-19-31(17-28(8)38(32)39)37-26(6)15-24(4)16-27(37)7)20-34(42)33(14-23(2)3)41-22-29(12-13-40(9)10)25(5)18-35(41)43;1-21(2)12-31(39-20-27(10-11-38(8)9)23(4)16-33(39)41)32(40)18-28(19-34(42)43)30-17-29(15-26(7)36(30)37)35-24(5)13-22(3)14-25(35)6;;/h15-19,22-23,30,33H,11-14,20-21H2,1-10H3;13-17,20-21,28,31H,10-12,18-19H2,1-9H3,(H,42,43);;1H2/q;;+1;/p-1/t30-,33?;28-,31?;;/m00../s1. The molecule has 2 N–H and O–H groups in total. The van der Waals surface area contributed by atoms with Gasteiger partial charge < -0.3 is 34.3 Å². The number of rotatable bonds is 27. The Bertz CT molecular complexity index is 3580. The summed E-state index contributed by atoms with van der Waals surface area (Å²) in [6.45, 7) is 30.9. The number of pyridine rings is 2. The molecule has 0 fully saturated rings. The first-order valence-electron chi connectivity index (χ1n) is 31.1. The molecule has 90 heavy (non-hydrogen) atoms. The fraction of sp³-hybridized carbons (Fsp3) is 0.486. The van der Waals surface area contributed by atoms with Crippen molar-refractivity contribution in [2.75, 3.05) is 47.9 Å². The number of hydrogen-bond acceptors (Lipinski definition) is 10. The van der Waals surface area contributed by atoms with Crippen molar-refractivity contribution >= 4 is 23.5 Å². The summed E-state index contributed by atoms with van der Waals surface area (Å²) in [5.74, 6) is -4.42. The molecule has 13 nitrogen and oxygen atoms in total. The van der Waals surface area contributed by atoms with Gasteiger partial charge in [-0.15, -0.1) is 0 Å². The van der Waals surface area contributed by atoms with Crippen LogP contribution >= 0.6 is 0 Å². The molecule has 0 saturated carbocycles. The maximum absolute atomic E-state index is 16.0. The zero-order valence-corrected chi connectivity index (χ0v) is 57.5. The van der Waals surface area contributed by atoms with Crippen LogP contribution in [0.1, 0.15) is 175 Å². The average Bonchev–Trinajstić information content (AvgIpc) is 1.15. The van der Waals surface area contributed by atoms with Gasteiger partial charge in [-0.1, -0.05) is 63.1 Å². The van der Waals surface area contributed by atoms with E-state index in [1.54, 1.807) is 61.9 Å². The van der Waals surface area contributed by atoms with Crippen molar-refractivity contribution in [2.45, 2.75) is 179 Å². The smallest absolute Gasteiger partial charge is 0.870 e. The third kappa shape index (κ3) is 21.0. The van der Waals surface area contributed by atoms with Crippen molar-refractivity contribution in [1.29, 1.82) is 0 Å². The Morgan fingerprint density at radius 1 is 0.511 bits per heavy atom. The number of carbonyl (C=O) groups excluding carboxylic acids is 3. The number of halogens is 2. The number of likely N-dealkylation sites (N-methyl/N-ethyl adjacent to an activating group) is 2. The predicted molar refractivity (Wildman–Crippen MR) is 354 cm³/mol. The maximum atomic E-state index is 16.0. The summed E-state index contributed by atoms with van der Waals surface area (Å²) in [5.41, 5.74) is 14.8. The molecule has 2 aromatic heterocycles. The topological polar surface area (TPSA) is 178 Å². The molecule has 0 spiro atoms. The first kappa shape index (κ1) is 77.6. The van der Waals surface area contributed by atoms with E-state index < -0.39 is 53.9 Å². The van der Waals surface area contributed by atoms with Crippen molar-refractivity contribution in [3.05, 3.63) is 183 Å². The third-order valence-electron chi connectivity index (χ3n) is 16.7. The van der Waals surface area contributed by atoms with E-state index >= 15 is 8.78 Å². The van der Waals surface area contributed by atoms with Gasteiger partial charge >= 0.3 is 30.8 Å². The number of ketones is 2. The number of hydrogen-bond donors (Lipinski definition) is 1. The summed E-state index contributed by atoms with van der Waals surface area (Å²) in [7, 11) is 7.96. The molecule has 4 atom stereocenters. The van der Waals surface area contributed by atoms with Crippen LogP contribution in [-0.4, -0.2) is 101 Å². The van der Waals surface area contributed by atoms with Crippen molar-refractivity contribution in [2.24, 2.45) is 11.8 Å². The van der Waals surface area contributed by atoms with E-state index in [0.29, 0.717) is 29.5 Å². The molecule has 16 heteroatoms. The Morgan fingerprint density at radius 3 is 1.17 bits per heavy atom. The fourth-order valence-corrected chi connectivity index (χ4v) is 12.5. The maximum Gasteiger partial charge on any atom is 1.00 e. The van der Waals surface area contributed by atoms with E-state index in [0.717, 1.165) is 104 Å². The van der Waals surface area contributed by atoms with Crippen molar-refractivity contribution in [3.8, 4) is 22.3 Å². The van der Waals surface area contributed by atoms with Crippen LogP contribution in [-0.2, 0) is 36.8 Å². The van der Waals surface area contributed by atoms with Crippen molar-refractivity contribution < 1.29 is 62.1 Å². The molecule has 6 aromatic rings. The molecule has 0 amide bonds. The summed E-state index contributed by atoms with van der Waals surface area (Å²) in [6, 6.07) is 17.1. The number of ether oxygens (including phenoxy) is 1. The molecule has 484 valence electrons. The normalized spacial score (nSPS) is 12.7. The zero-order valence-electron chi connectivity index (χ0n) is 57.5. The van der Waals surface area contributed by atoms with Gasteiger partial charge in [0, 0.05) is 62.3 Å². The van der Waals surface area contributed by atoms with Gasteiger partial charge in [0.05, 0.1) is 31.5 Å². The first-order chi connectivity index (χ1) is 41.2. The second kappa shape index (κ2) is 34.7. The number of carbonyl (C=O) groups is 4. The second-order valence-electron chi connectivity index (χ2n) is 26.1. The first-order valence-corrected chi connectivity index (χ1v) is 31.1. The van der Waals surface area contributed by atoms with E-state index in [2.05, 4.69) is 34.1 Å². The van der Waals surface area contributed by atoms with Crippen LogP contribution in [0.2, 0.25) is 0 Å². The van der Waals surface area contributed by atoms with Crippen molar-refractivity contribution in [1.82, 2.24) is 18.9 Å². The second-order valence-corrected chi connectivity index (χ2v) is 26.1. The van der Waals surface area contributed by atoms with Gasteiger partial charge in [0.25, 0.3) is 11.1 Å². The third-order valence-corrected chi connectivity index (χ3v) is 16.7. The number of Topliss-reactive ketones (excluding diaryl/α,β-unsaturated/α-hetero) is 2. The molecule has 2 unspecified atom stereocenters. The Kier molecular flexibility index (Phi) is 30.0. The molecule has 0 saturated heterocycles. The van der Waals surface area contributed by atoms with Crippen LogP contribution < -0.4 is 30.0 Å². The molecule has 4 aromatic carbocycles. The number of carboxylic acid groups (broad SMARTS) is 1. The number of carboxylic acids is 1. The van der Waals surface area contributed by atoms with E-state index in [1.807, 2.05) is 124 Å². The Hall–Kier alpha value is -6.60. The predicted octanol–water partition coefficient (Wildman–Crippen LogP) is 11.5. The number of nitrogens with zero attached hydrogens (tertiary/aromatic N) is 4. The molecule has 0 aliphatic carbocycles. The van der Waals surface area contributed by atoms with E-state index in [9.17, 15) is 33.9 Å². The number of esters is 1. The molecule has 0 radical (unpaired) electrons. The van der Waals surface area contributed by atoms with Crippen LogP contribution in [0.4, 0.5) is 8.78 Å². The molecule has 0 bridgehead atoms. The van der Waals surface area contributed by atoms with Crippen LogP contribution in [0, 0.1) is 92.7 Å². The summed E-state index contributed by atoms with van der Waals surface area (Å²) < 4.78 is 40.2. The van der Waals surface area contributed by atoms with E-state index in [1.165, 1.54) is 4.57 Å². The Balaban J connectivity index is 0.000000460. The SMILES string of the molecule is CCOC(=O)C[C@H](CC(=O)C(CC(C)C)n1cc(CCN(C)C)c(C)cc1=O)c1cc(-c2c(C)cc(C)cc2C)cc(C)c1F.Cc1cc(C)c(-c2cc(C)c(F)c([C@H](CC(=O)O)CC(=O)C(CC(C)C)n3cc(CCN(C)C)c(C)cc3=O)c2)c(C)c1.[Li+].[OH-]. The van der Waals surface area contributed by atoms with Crippen LogP contribution in [0.5, 0.6) is 0 Å². The number of aromatic nitrogens is 2. The molecule has 0 aliphatic rings. The van der Waals surface area contributed by atoms with E-state index in [-0.39, 0.29) is 90.3 Å². The Labute approximate surface area is 546 Å². The van der Waals surface area contributed by atoms with Gasteiger partial charge in [-0.05, 0) is 255 Å². The van der Waals surface area contributed by atoms with Gasteiger partial charge in [-0.3, -0.25) is 28.8 Å². The summed E-state index contributed by atoms with van der Waals surface area (Å²) in [5, 5.41) is 9.85. The van der Waals surface area contributed by atoms with Gasteiger partial charge in [0.2, 0.25) is 0 Å². The largest absolute Gasteiger partial charge is 1.00 e. The number of aryl methyl sites for hydroxylation is 10. The van der Waals surface area contributed by atoms with E-state index in [4.69, 9.17) is 4.74 Å². The van der Waals surface area contributed by atoms with Crippen LogP contribution in [0.25, 0.3) is 22.3 Å². The fourth-order valence-electron chi connectivity index (χ4n) is 12.5. The summed E-state index contributed by atoms with van der Waals surface area (Å²) >= 11 is 0. The van der Waals surface area contributed by atoms with Gasteiger partial charge in [0.15, 0.2) is 11.6 Å². The number of aliphatic carboxylic acids is 1. The van der Waals surface area contributed by atoms with Crippen molar-refractivity contribution in [3.63, 3.8) is 0 Å². The molecule has 2 heterocycles. The minimum Gasteiger partial charge on any atom is -0.870 e. The average molecular weight is 1230 g/mol. The van der Waals surface area contributed by atoms with Gasteiger partial charge in [-0.25, -0.2) is 8.78 Å². The van der Waals surface area contributed by atoms with Crippen LogP contribution in [0.3, 0.4) is 0 Å². The summed E-state index contributed by atoms with van der Waals surface area (Å²) in [6.07, 6.45) is 5.09. The molecule has 0 aliphatic heterocycles. The minimum atomic E-state index is -1.11. The monoisotopic (exact) mass is 1230 g/mol. The summed E-state index contributed by atoms with van der Waals surface area (Å²) in [4.78, 5) is 84.0. The zero-order chi connectivity index (χ0) is 65.8.